The number of carbonyl (C=O) groups is 1. The van der Waals surface area contributed by atoms with Crippen molar-refractivity contribution in [2.24, 2.45) is 0 Å². The van der Waals surface area contributed by atoms with Crippen LogP contribution in [0.3, 0.4) is 0 Å². The lowest BCUT2D eigenvalue weighted by Crippen LogP contribution is -2.24. The van der Waals surface area contributed by atoms with E-state index in [1.54, 1.807) is 0 Å². The average Bonchev–Trinajstić information content (AvgIpc) is 1.36. The van der Waals surface area contributed by atoms with Gasteiger partial charge in [-0.05, 0) is 0 Å². The molecule has 0 rings (SSSR count). The lowest BCUT2D eigenvalue weighted by Gasteiger charge is -1.82. The molecule has 0 bridgehead atoms. The molecular formula is C3H7NO2+. The van der Waals surface area contributed by atoms with Crippen molar-refractivity contribution in [2.75, 3.05) is 14.1 Å². The van der Waals surface area contributed by atoms with E-state index in [1.807, 2.05) is 0 Å². The summed E-state index contributed by atoms with van der Waals surface area (Å²) in [5.41, 5.74) is 0. The van der Waals surface area contributed by atoms with Gasteiger partial charge in [-0.3, -0.25) is 0 Å². The summed E-state index contributed by atoms with van der Waals surface area (Å²) in [5.74, 6) is 0. The highest BCUT2D eigenvalue weighted by molar-refractivity contribution is 5.66. The minimum atomic E-state index is -0.907. The van der Waals surface area contributed by atoms with Crippen molar-refractivity contribution in [3.05, 3.63) is 0 Å². The highest BCUT2D eigenvalue weighted by atomic mass is 16.4. The highest BCUT2D eigenvalue weighted by Crippen LogP contribution is 1.64. The first kappa shape index (κ1) is 5.43. The maximum Gasteiger partial charge on any atom is 0.563 e. The highest BCUT2D eigenvalue weighted by Gasteiger charge is 2.08. The van der Waals surface area contributed by atoms with Crippen molar-refractivity contribution in [1.82, 2.24) is 4.90 Å². The van der Waals surface area contributed by atoms with Crippen LogP contribution in [-0.2, 0) is 0 Å². The van der Waals surface area contributed by atoms with Gasteiger partial charge in [0.25, 0.3) is 0 Å². The van der Waals surface area contributed by atoms with Gasteiger partial charge in [0.1, 0.15) is 14.1 Å². The zero-order valence-corrected chi connectivity index (χ0v) is 3.80. The van der Waals surface area contributed by atoms with Crippen molar-refractivity contribution in [3.8, 4) is 0 Å². The largest absolute Gasteiger partial charge is 0.563 e. The molecule has 35 valence electrons. The Morgan fingerprint density at radius 2 is 1.83 bits per heavy atom. The van der Waals surface area contributed by atoms with Gasteiger partial charge in [-0.15, -0.1) is 0 Å². The van der Waals surface area contributed by atoms with E-state index >= 15 is 0 Å². The van der Waals surface area contributed by atoms with Gasteiger partial charge in [0, 0.05) is 0 Å². The predicted octanol–water partition coefficient (Wildman–Crippen LogP) is 0.0641. The van der Waals surface area contributed by atoms with E-state index in [0.717, 1.165) is 4.90 Å². The molecule has 1 amide bonds. The monoisotopic (exact) mass is 89.0 g/mol. The zero-order chi connectivity index (χ0) is 5.15. The molecule has 0 unspecified atom stereocenters. The summed E-state index contributed by atoms with van der Waals surface area (Å²) in [5, 5.41) is 7.92. The van der Waals surface area contributed by atoms with Crippen LogP contribution in [0.2, 0.25) is 0 Å². The number of rotatable bonds is 0. The SMILES string of the molecule is C[N+](C)C(=O)O. The maximum atomic E-state index is 9.62. The molecule has 0 aromatic rings. The molecule has 1 N–H and O–H groups in total. The van der Waals surface area contributed by atoms with Gasteiger partial charge >= 0.3 is 6.09 Å². The topological polar surface area (TPSA) is 43.2 Å². The Kier molecular flexibility index (Phi) is 1.60. The van der Waals surface area contributed by atoms with E-state index in [2.05, 4.69) is 0 Å². The van der Waals surface area contributed by atoms with Gasteiger partial charge in [0.15, 0.2) is 0 Å². The quantitative estimate of drug-likeness (QED) is 0.426. The van der Waals surface area contributed by atoms with Gasteiger partial charge in [0.05, 0.1) is 0 Å². The summed E-state index contributed by atoms with van der Waals surface area (Å²) in [6.45, 7) is 0. The normalized spacial score (nSPS) is 9.17. The summed E-state index contributed by atoms with van der Waals surface area (Å²) >= 11 is 0. The van der Waals surface area contributed by atoms with E-state index in [0.29, 0.717) is 0 Å². The molecule has 0 aliphatic carbocycles. The summed E-state index contributed by atoms with van der Waals surface area (Å²) in [6.07, 6.45) is -0.907. The van der Waals surface area contributed by atoms with Gasteiger partial charge in [-0.1, -0.05) is 4.90 Å². The summed E-state index contributed by atoms with van der Waals surface area (Å²) in [7, 11) is 2.95. The van der Waals surface area contributed by atoms with Crippen LogP contribution in [0.25, 0.3) is 0 Å². The third-order valence-corrected chi connectivity index (χ3v) is 0.383. The summed E-state index contributed by atoms with van der Waals surface area (Å²) in [6, 6.07) is 0. The third kappa shape index (κ3) is 1.72. The Bertz CT molecular complexity index is 59.8. The van der Waals surface area contributed by atoms with Crippen LogP contribution in [-0.4, -0.2) is 25.3 Å². The van der Waals surface area contributed by atoms with E-state index in [1.165, 1.54) is 14.1 Å². The number of amides is 1. The average molecular weight is 89.1 g/mol. The number of nitrogens with zero attached hydrogens (tertiary/aromatic N) is 1. The van der Waals surface area contributed by atoms with Crippen molar-refractivity contribution in [1.29, 1.82) is 0 Å². The van der Waals surface area contributed by atoms with E-state index in [4.69, 9.17) is 5.11 Å². The van der Waals surface area contributed by atoms with Crippen molar-refractivity contribution < 1.29 is 9.90 Å². The van der Waals surface area contributed by atoms with Crippen molar-refractivity contribution >= 4 is 6.09 Å². The Labute approximate surface area is 36.2 Å². The van der Waals surface area contributed by atoms with Crippen LogP contribution < -0.4 is 4.90 Å². The lowest BCUT2D eigenvalue weighted by molar-refractivity contribution is 0.183. The fraction of sp³-hybridized carbons (Fsp3) is 0.667. The molecule has 3 heteroatoms. The Morgan fingerprint density at radius 1 is 1.67 bits per heavy atom. The van der Waals surface area contributed by atoms with Gasteiger partial charge in [-0.25, -0.2) is 0 Å². The van der Waals surface area contributed by atoms with E-state index < -0.39 is 6.09 Å². The van der Waals surface area contributed by atoms with E-state index in [9.17, 15) is 4.79 Å². The van der Waals surface area contributed by atoms with Gasteiger partial charge < -0.3 is 5.11 Å². The molecule has 6 heavy (non-hydrogen) atoms. The summed E-state index contributed by atoms with van der Waals surface area (Å²) in [4.78, 5) is 10.7. The minimum Gasteiger partial charge on any atom is -0.432 e. The van der Waals surface area contributed by atoms with Gasteiger partial charge in [0.2, 0.25) is 0 Å². The standard InChI is InChI=1S/C3H7NO2/c1-4(2)3(5)6/h1-2H3,(H,5,6)/q+1. The maximum absolute atomic E-state index is 9.62. The molecule has 0 aliphatic heterocycles. The molecule has 0 fully saturated rings. The van der Waals surface area contributed by atoms with Crippen LogP contribution >= 0.6 is 0 Å². The Morgan fingerprint density at radius 3 is 1.83 bits per heavy atom. The third-order valence-electron chi connectivity index (χ3n) is 0.383. The van der Waals surface area contributed by atoms with Crippen LogP contribution in [0.5, 0.6) is 0 Å². The number of carboxylic acid groups (broad SMARTS) is 1. The first-order valence-electron chi connectivity index (χ1n) is 1.55. The molecule has 0 aromatic heterocycles. The molecule has 0 spiro atoms. The number of hydrogen-bond acceptors (Lipinski definition) is 1. The second kappa shape index (κ2) is 1.77. The fourth-order valence-electron chi connectivity index (χ4n) is 0. The smallest absolute Gasteiger partial charge is 0.432 e. The minimum absolute atomic E-state index is 0.907. The second-order valence-corrected chi connectivity index (χ2v) is 1.18. The first-order valence-corrected chi connectivity index (χ1v) is 1.55. The van der Waals surface area contributed by atoms with Crippen LogP contribution in [0.1, 0.15) is 0 Å². The zero-order valence-electron chi connectivity index (χ0n) is 3.80. The Hall–Kier alpha value is -0.570. The molecule has 0 aromatic carbocycles. The van der Waals surface area contributed by atoms with Crippen LogP contribution in [0.15, 0.2) is 0 Å². The van der Waals surface area contributed by atoms with Crippen LogP contribution in [0, 0.1) is 0 Å². The Balaban J connectivity index is 3.26. The first-order chi connectivity index (χ1) is 2.64. The molecule has 1 radical (unpaired) electrons. The lowest BCUT2D eigenvalue weighted by atomic mass is 10.9. The van der Waals surface area contributed by atoms with Gasteiger partial charge in [-0.2, -0.15) is 4.79 Å². The molecule has 0 saturated heterocycles. The molecular weight excluding hydrogens is 82.0 g/mol. The van der Waals surface area contributed by atoms with E-state index in [-0.39, 0.29) is 0 Å². The fourth-order valence-corrected chi connectivity index (χ4v) is 0. The number of hydrogen-bond donors (Lipinski definition) is 1. The van der Waals surface area contributed by atoms with Crippen molar-refractivity contribution in [3.63, 3.8) is 0 Å². The molecule has 0 atom stereocenters. The predicted molar refractivity (Wildman–Crippen MR) is 22.0 cm³/mol. The molecule has 0 aliphatic rings. The van der Waals surface area contributed by atoms with Crippen LogP contribution in [0.4, 0.5) is 4.79 Å². The van der Waals surface area contributed by atoms with Crippen molar-refractivity contribution in [2.45, 2.75) is 0 Å². The molecule has 0 saturated carbocycles. The molecule has 3 nitrogen and oxygen atoms in total. The summed E-state index contributed by atoms with van der Waals surface area (Å²) < 4.78 is 0. The second-order valence-electron chi connectivity index (χ2n) is 1.18. The molecule has 0 heterocycles.